The Hall–Kier alpha value is -1.07. The van der Waals surface area contributed by atoms with Gasteiger partial charge in [-0.2, -0.15) is 13.2 Å². The van der Waals surface area contributed by atoms with Gasteiger partial charge in [-0.25, -0.2) is 0 Å². The van der Waals surface area contributed by atoms with Crippen LogP contribution in [0.15, 0.2) is 29.3 Å². The molecule has 1 aliphatic rings. The van der Waals surface area contributed by atoms with Crippen LogP contribution in [0.4, 0.5) is 13.2 Å². The van der Waals surface area contributed by atoms with Crippen molar-refractivity contribution in [1.29, 1.82) is 0 Å². The van der Waals surface area contributed by atoms with Crippen molar-refractivity contribution in [1.82, 2.24) is 15.5 Å². The van der Waals surface area contributed by atoms with Gasteiger partial charge in [0.25, 0.3) is 0 Å². The minimum Gasteiger partial charge on any atom is -0.379 e. The summed E-state index contributed by atoms with van der Waals surface area (Å²) in [4.78, 5) is 6.54. The molecule has 1 saturated heterocycles. The number of nitrogens with zero attached hydrogens (tertiary/aromatic N) is 2. The highest BCUT2D eigenvalue weighted by Gasteiger charge is 2.29. The van der Waals surface area contributed by atoms with Crippen LogP contribution in [-0.4, -0.2) is 57.3 Å². The van der Waals surface area contributed by atoms with Gasteiger partial charge in [-0.1, -0.05) is 12.1 Å². The largest absolute Gasteiger partial charge is 0.416 e. The molecule has 154 valence electrons. The Morgan fingerprint density at radius 1 is 1.11 bits per heavy atom. The molecule has 1 fully saturated rings. The molecule has 27 heavy (non-hydrogen) atoms. The topological polar surface area (TPSA) is 48.9 Å². The van der Waals surface area contributed by atoms with Gasteiger partial charge in [-0.15, -0.1) is 24.0 Å². The smallest absolute Gasteiger partial charge is 0.379 e. The van der Waals surface area contributed by atoms with Crippen LogP contribution in [-0.2, 0) is 17.5 Å². The maximum absolute atomic E-state index is 12.6. The Bertz CT molecular complexity index is 561. The molecule has 0 amide bonds. The summed E-state index contributed by atoms with van der Waals surface area (Å²) < 4.78 is 43.0. The lowest BCUT2D eigenvalue weighted by molar-refractivity contribution is -0.137. The lowest BCUT2D eigenvalue weighted by Crippen LogP contribution is -2.38. The highest BCUT2D eigenvalue weighted by Crippen LogP contribution is 2.28. The van der Waals surface area contributed by atoms with Crippen LogP contribution < -0.4 is 10.6 Å². The van der Waals surface area contributed by atoms with Crippen molar-refractivity contribution in [3.05, 3.63) is 35.4 Å². The molecular formula is C18H28F3IN4O. The second-order valence-electron chi connectivity index (χ2n) is 6.21. The van der Waals surface area contributed by atoms with E-state index in [1.807, 2.05) is 0 Å². The number of hydrogen-bond acceptors (Lipinski definition) is 3. The molecule has 2 rings (SSSR count). The molecular weight excluding hydrogens is 472 g/mol. The number of unbranched alkanes of at least 4 members (excludes halogenated alkanes) is 1. The Balaban J connectivity index is 0.00000364. The third-order valence-electron chi connectivity index (χ3n) is 4.26. The van der Waals surface area contributed by atoms with E-state index in [1.165, 1.54) is 12.1 Å². The number of hydrogen-bond donors (Lipinski definition) is 2. The van der Waals surface area contributed by atoms with Gasteiger partial charge in [-0.3, -0.25) is 9.89 Å². The summed E-state index contributed by atoms with van der Waals surface area (Å²) in [6.07, 6.45) is -2.17. The summed E-state index contributed by atoms with van der Waals surface area (Å²) in [7, 11) is 1.68. The average Bonchev–Trinajstić information content (AvgIpc) is 2.64. The SMILES string of the molecule is CN=C(NCCCCN1CCOCC1)NCc1ccc(C(F)(F)F)cc1.I. The minimum atomic E-state index is -4.30. The van der Waals surface area contributed by atoms with Crippen molar-refractivity contribution < 1.29 is 17.9 Å². The van der Waals surface area contributed by atoms with Crippen LogP contribution in [0.25, 0.3) is 0 Å². The van der Waals surface area contributed by atoms with E-state index < -0.39 is 11.7 Å². The van der Waals surface area contributed by atoms with Crippen LogP contribution >= 0.6 is 24.0 Å². The van der Waals surface area contributed by atoms with E-state index in [0.29, 0.717) is 12.5 Å². The number of alkyl halides is 3. The normalized spacial score (nSPS) is 15.9. The molecule has 2 N–H and O–H groups in total. The summed E-state index contributed by atoms with van der Waals surface area (Å²) >= 11 is 0. The first kappa shape index (κ1) is 24.0. The van der Waals surface area contributed by atoms with E-state index in [-0.39, 0.29) is 24.0 Å². The highest BCUT2D eigenvalue weighted by atomic mass is 127. The molecule has 0 radical (unpaired) electrons. The predicted octanol–water partition coefficient (Wildman–Crippen LogP) is 3.10. The summed E-state index contributed by atoms with van der Waals surface area (Å²) in [6.45, 7) is 5.94. The molecule has 1 aromatic rings. The fraction of sp³-hybridized carbons (Fsp3) is 0.611. The van der Waals surface area contributed by atoms with Crippen molar-refractivity contribution >= 4 is 29.9 Å². The first-order valence-corrected chi connectivity index (χ1v) is 8.90. The number of aliphatic imine (C=N–C) groups is 1. The second kappa shape index (κ2) is 12.4. The summed E-state index contributed by atoms with van der Waals surface area (Å²) in [5.41, 5.74) is 0.136. The molecule has 0 bridgehead atoms. The highest BCUT2D eigenvalue weighted by molar-refractivity contribution is 14.0. The first-order chi connectivity index (χ1) is 12.5. The van der Waals surface area contributed by atoms with Gasteiger partial charge in [0.15, 0.2) is 5.96 Å². The molecule has 9 heteroatoms. The number of ether oxygens (including phenoxy) is 1. The quantitative estimate of drug-likeness (QED) is 0.262. The molecule has 0 atom stereocenters. The van der Waals surface area contributed by atoms with Gasteiger partial charge in [0.05, 0.1) is 18.8 Å². The average molecular weight is 500 g/mol. The van der Waals surface area contributed by atoms with Crippen LogP contribution in [0.5, 0.6) is 0 Å². The van der Waals surface area contributed by atoms with E-state index >= 15 is 0 Å². The molecule has 0 aromatic heterocycles. The van der Waals surface area contributed by atoms with Gasteiger partial charge in [-0.05, 0) is 37.1 Å². The van der Waals surface area contributed by atoms with Gasteiger partial charge in [0.1, 0.15) is 0 Å². The summed E-state index contributed by atoms with van der Waals surface area (Å²) in [5, 5.41) is 6.34. The van der Waals surface area contributed by atoms with E-state index in [4.69, 9.17) is 4.74 Å². The van der Waals surface area contributed by atoms with Gasteiger partial charge >= 0.3 is 6.18 Å². The van der Waals surface area contributed by atoms with Crippen LogP contribution in [0, 0.1) is 0 Å². The van der Waals surface area contributed by atoms with Crippen molar-refractivity contribution in [2.24, 2.45) is 4.99 Å². The summed E-state index contributed by atoms with van der Waals surface area (Å²) in [6, 6.07) is 5.15. The number of rotatable bonds is 7. The standard InChI is InChI=1S/C18H27F3N4O.HI/c1-22-17(23-8-2-3-9-25-10-12-26-13-11-25)24-14-15-4-6-16(7-5-15)18(19,20)21;/h4-7H,2-3,8-14H2,1H3,(H2,22,23,24);1H. The van der Waals surface area contributed by atoms with Crippen LogP contribution in [0.2, 0.25) is 0 Å². The molecule has 1 aliphatic heterocycles. The molecule has 5 nitrogen and oxygen atoms in total. The molecule has 1 heterocycles. The van der Waals surface area contributed by atoms with Crippen molar-refractivity contribution in [2.45, 2.75) is 25.6 Å². The van der Waals surface area contributed by atoms with Gasteiger partial charge in [0, 0.05) is 33.2 Å². The van der Waals surface area contributed by atoms with E-state index in [9.17, 15) is 13.2 Å². The Morgan fingerprint density at radius 2 is 1.78 bits per heavy atom. The van der Waals surface area contributed by atoms with Crippen molar-refractivity contribution in [3.63, 3.8) is 0 Å². The monoisotopic (exact) mass is 500 g/mol. The first-order valence-electron chi connectivity index (χ1n) is 8.90. The molecule has 0 unspecified atom stereocenters. The third kappa shape index (κ3) is 9.11. The number of nitrogens with one attached hydrogen (secondary N) is 2. The van der Waals surface area contributed by atoms with Gasteiger partial charge in [0.2, 0.25) is 0 Å². The molecule has 1 aromatic carbocycles. The van der Waals surface area contributed by atoms with Crippen molar-refractivity contribution in [3.8, 4) is 0 Å². The zero-order valence-electron chi connectivity index (χ0n) is 15.5. The van der Waals surface area contributed by atoms with Crippen molar-refractivity contribution in [2.75, 3.05) is 46.4 Å². The zero-order chi connectivity index (χ0) is 18.8. The third-order valence-corrected chi connectivity index (χ3v) is 4.26. The van der Waals surface area contributed by atoms with E-state index in [2.05, 4.69) is 20.5 Å². The molecule has 0 aliphatic carbocycles. The maximum Gasteiger partial charge on any atom is 0.416 e. The fourth-order valence-corrected chi connectivity index (χ4v) is 2.71. The van der Waals surface area contributed by atoms with Crippen LogP contribution in [0.1, 0.15) is 24.0 Å². The number of morpholine rings is 1. The fourth-order valence-electron chi connectivity index (χ4n) is 2.71. The predicted molar refractivity (Wildman–Crippen MR) is 112 cm³/mol. The lowest BCUT2D eigenvalue weighted by Gasteiger charge is -2.26. The van der Waals surface area contributed by atoms with E-state index in [0.717, 1.165) is 69.9 Å². The summed E-state index contributed by atoms with van der Waals surface area (Å²) in [5.74, 6) is 0.649. The van der Waals surface area contributed by atoms with Crippen LogP contribution in [0.3, 0.4) is 0 Å². The molecule has 0 saturated carbocycles. The molecule has 0 spiro atoms. The number of halogens is 4. The second-order valence-corrected chi connectivity index (χ2v) is 6.21. The Kier molecular flexibility index (Phi) is 11.0. The Morgan fingerprint density at radius 3 is 2.37 bits per heavy atom. The Labute approximate surface area is 175 Å². The zero-order valence-corrected chi connectivity index (χ0v) is 17.8. The lowest BCUT2D eigenvalue weighted by atomic mass is 10.1. The number of guanidine groups is 1. The van der Waals surface area contributed by atoms with E-state index in [1.54, 1.807) is 7.05 Å². The maximum atomic E-state index is 12.6. The minimum absolute atomic E-state index is 0. The van der Waals surface area contributed by atoms with Gasteiger partial charge < -0.3 is 15.4 Å². The number of benzene rings is 1.